The number of carbonyl (C=O) groups excluding carboxylic acids is 3. The third kappa shape index (κ3) is 3.56. The number of aliphatic hydroxyl groups is 4. The van der Waals surface area contributed by atoms with Crippen LogP contribution in [0.5, 0.6) is 11.5 Å². The van der Waals surface area contributed by atoms with Gasteiger partial charge >= 0.3 is 0 Å². The summed E-state index contributed by atoms with van der Waals surface area (Å²) in [4.78, 5) is 40.5. The molecule has 37 heavy (non-hydrogen) atoms. The fourth-order valence-corrected chi connectivity index (χ4v) is 6.11. The van der Waals surface area contributed by atoms with Crippen LogP contribution in [0.3, 0.4) is 0 Å². The molecule has 0 heterocycles. The number of Topliss-reactive ketones (excluding diaryl/α,β-unsaturated/α-hetero) is 2. The number of hydrogen-bond acceptors (Lipinski definition) is 10. The van der Waals surface area contributed by atoms with Gasteiger partial charge in [0.05, 0.1) is 30.2 Å². The summed E-state index contributed by atoms with van der Waals surface area (Å²) in [5.41, 5.74) is 1.26. The lowest BCUT2D eigenvalue weighted by atomic mass is 9.54. The first kappa shape index (κ1) is 26.6. The number of carbonyl (C=O) groups is 3. The van der Waals surface area contributed by atoms with E-state index in [2.05, 4.69) is 0 Å². The number of phenolic OH excluding ortho intramolecular Hbond substituents is 1. The number of nitrogens with two attached hydrogens (primary N) is 1. The Morgan fingerprint density at radius 3 is 2.41 bits per heavy atom. The molecule has 0 aromatic heterocycles. The van der Waals surface area contributed by atoms with E-state index in [1.165, 1.54) is 31.1 Å². The number of phenols is 1. The summed E-state index contributed by atoms with van der Waals surface area (Å²) >= 11 is 0. The second-order valence-corrected chi connectivity index (χ2v) is 10.1. The molecule has 1 saturated carbocycles. The molecule has 200 valence electrons. The number of rotatable bonds is 6. The van der Waals surface area contributed by atoms with Crippen LogP contribution in [0.1, 0.15) is 43.7 Å². The van der Waals surface area contributed by atoms with Gasteiger partial charge in [0, 0.05) is 17.1 Å². The molecular formula is C26H32N2O9. The van der Waals surface area contributed by atoms with Crippen LogP contribution in [0.4, 0.5) is 0 Å². The molecule has 1 aromatic rings. The Morgan fingerprint density at radius 1 is 1.19 bits per heavy atom. The van der Waals surface area contributed by atoms with E-state index in [1.54, 1.807) is 6.92 Å². The third-order valence-corrected chi connectivity index (χ3v) is 7.82. The largest absolute Gasteiger partial charge is 0.508 e. The van der Waals surface area contributed by atoms with Crippen molar-refractivity contribution in [2.45, 2.75) is 50.4 Å². The zero-order chi connectivity index (χ0) is 27.6. The van der Waals surface area contributed by atoms with Crippen molar-refractivity contribution in [3.05, 3.63) is 40.2 Å². The number of fused-ring (bicyclic) bond motifs is 3. The lowest BCUT2D eigenvalue weighted by Crippen LogP contribution is -2.70. The van der Waals surface area contributed by atoms with E-state index in [-0.39, 0.29) is 11.3 Å². The molecule has 0 saturated heterocycles. The van der Waals surface area contributed by atoms with Crippen LogP contribution >= 0.6 is 0 Å². The number of likely N-dealkylation sites (N-methyl/N-ethyl adjacent to an activating group) is 1. The molecule has 6 atom stereocenters. The zero-order valence-corrected chi connectivity index (χ0v) is 21.1. The topological polar surface area (TPSA) is 191 Å². The molecule has 3 aliphatic rings. The highest BCUT2D eigenvalue weighted by Crippen LogP contribution is 2.57. The van der Waals surface area contributed by atoms with Crippen LogP contribution in [0.25, 0.3) is 5.76 Å². The van der Waals surface area contributed by atoms with Gasteiger partial charge in [-0.05, 0) is 38.6 Å². The first-order chi connectivity index (χ1) is 17.3. The number of amides is 1. The second kappa shape index (κ2) is 9.16. The van der Waals surface area contributed by atoms with Crippen LogP contribution in [0, 0.1) is 11.8 Å². The van der Waals surface area contributed by atoms with Crippen molar-refractivity contribution in [2.24, 2.45) is 17.6 Å². The smallest absolute Gasteiger partial charge is 0.255 e. The monoisotopic (exact) mass is 516 g/mol. The Hall–Kier alpha value is -3.41. The van der Waals surface area contributed by atoms with E-state index in [1.807, 2.05) is 6.92 Å². The number of aromatic hydroxyl groups is 1. The van der Waals surface area contributed by atoms with Gasteiger partial charge in [-0.3, -0.25) is 19.3 Å². The number of unbranched alkanes of at least 4 members (excludes halogenated alkanes) is 1. The Balaban J connectivity index is 2.00. The minimum atomic E-state index is -2.94. The van der Waals surface area contributed by atoms with Gasteiger partial charge in [-0.2, -0.15) is 0 Å². The summed E-state index contributed by atoms with van der Waals surface area (Å²) in [6.45, 7) is 4.02. The lowest BCUT2D eigenvalue weighted by molar-refractivity contribution is -0.169. The Kier molecular flexibility index (Phi) is 6.60. The number of aliphatic hydroxyl groups excluding tert-OH is 3. The van der Waals surface area contributed by atoms with E-state index >= 15 is 0 Å². The maximum Gasteiger partial charge on any atom is 0.255 e. The molecule has 0 spiro atoms. The summed E-state index contributed by atoms with van der Waals surface area (Å²) in [5.74, 6) is -8.93. The van der Waals surface area contributed by atoms with E-state index in [9.17, 15) is 39.9 Å². The molecule has 0 bridgehead atoms. The van der Waals surface area contributed by atoms with E-state index in [0.29, 0.717) is 17.9 Å². The Bertz CT molecular complexity index is 1250. The summed E-state index contributed by atoms with van der Waals surface area (Å²) in [5, 5.41) is 56.2. The molecule has 11 heteroatoms. The van der Waals surface area contributed by atoms with Crippen molar-refractivity contribution in [1.82, 2.24) is 4.90 Å². The van der Waals surface area contributed by atoms with E-state index in [4.69, 9.17) is 10.5 Å². The molecule has 1 fully saturated rings. The predicted octanol–water partition coefficient (Wildman–Crippen LogP) is 0.675. The highest BCUT2D eigenvalue weighted by Gasteiger charge is 2.68. The van der Waals surface area contributed by atoms with Gasteiger partial charge in [0.2, 0.25) is 5.78 Å². The van der Waals surface area contributed by atoms with Gasteiger partial charge in [0.25, 0.3) is 5.91 Å². The normalized spacial score (nSPS) is 31.3. The number of nitrogens with zero attached hydrogens (tertiary/aromatic N) is 1. The molecule has 7 N–H and O–H groups in total. The number of primary amides is 1. The van der Waals surface area contributed by atoms with Crippen molar-refractivity contribution >= 4 is 23.2 Å². The van der Waals surface area contributed by atoms with Gasteiger partial charge in [0.1, 0.15) is 28.6 Å². The van der Waals surface area contributed by atoms with Crippen LogP contribution in [-0.2, 0) is 14.4 Å². The molecular weight excluding hydrogens is 484 g/mol. The molecule has 4 rings (SSSR count). The molecule has 1 amide bonds. The zero-order valence-electron chi connectivity index (χ0n) is 21.1. The van der Waals surface area contributed by atoms with Crippen LogP contribution in [0.15, 0.2) is 29.0 Å². The van der Waals surface area contributed by atoms with E-state index < -0.39 is 75.6 Å². The van der Waals surface area contributed by atoms with Gasteiger partial charge < -0.3 is 36.0 Å². The van der Waals surface area contributed by atoms with Crippen LogP contribution in [0.2, 0.25) is 0 Å². The number of hydrogen-bond donors (Lipinski definition) is 6. The maximum atomic E-state index is 13.9. The second-order valence-electron chi connectivity index (χ2n) is 10.1. The average molecular weight is 517 g/mol. The molecule has 11 nitrogen and oxygen atoms in total. The predicted molar refractivity (Wildman–Crippen MR) is 131 cm³/mol. The van der Waals surface area contributed by atoms with Crippen molar-refractivity contribution < 1.29 is 44.7 Å². The highest BCUT2D eigenvalue weighted by molar-refractivity contribution is 6.24. The lowest BCUT2D eigenvalue weighted by Gasteiger charge is -2.53. The van der Waals surface area contributed by atoms with Gasteiger partial charge in [-0.1, -0.05) is 20.3 Å². The Labute approximate surface area is 213 Å². The summed E-state index contributed by atoms with van der Waals surface area (Å²) in [7, 11) is 2.92. The van der Waals surface area contributed by atoms with Crippen molar-refractivity contribution in [1.29, 1.82) is 0 Å². The third-order valence-electron chi connectivity index (χ3n) is 7.82. The molecule has 0 unspecified atom stereocenters. The summed E-state index contributed by atoms with van der Waals surface area (Å²) in [6, 6.07) is 1.44. The molecule has 3 aliphatic carbocycles. The Morgan fingerprint density at radius 2 is 1.84 bits per heavy atom. The van der Waals surface area contributed by atoms with Crippen molar-refractivity contribution in [3.8, 4) is 11.5 Å². The van der Waals surface area contributed by atoms with Gasteiger partial charge in [-0.15, -0.1) is 0 Å². The first-order valence-electron chi connectivity index (χ1n) is 12.1. The number of benzene rings is 1. The van der Waals surface area contributed by atoms with Crippen LogP contribution in [-0.4, -0.2) is 86.4 Å². The minimum absolute atomic E-state index is 0.0926. The molecule has 0 radical (unpaired) electrons. The fourth-order valence-electron chi connectivity index (χ4n) is 6.11. The van der Waals surface area contributed by atoms with Gasteiger partial charge in [-0.25, -0.2) is 0 Å². The van der Waals surface area contributed by atoms with Crippen molar-refractivity contribution in [3.63, 3.8) is 0 Å². The SMILES string of the molecule is CCCCOc1ccc(O)c2c1[C@H](C)[C@@H]1C(=C2O)C(=O)[C@]2(O)C(O)=C(C(N)=O)C(=O)[C@@H](N(C)C)[C@@H]2[C@H]1O. The fraction of sp³-hybridized carbons (Fsp3) is 0.500. The van der Waals surface area contributed by atoms with Gasteiger partial charge in [0.15, 0.2) is 11.4 Å². The molecule has 0 aliphatic heterocycles. The van der Waals surface area contributed by atoms with Crippen molar-refractivity contribution in [2.75, 3.05) is 20.7 Å². The maximum absolute atomic E-state index is 13.9. The highest BCUT2D eigenvalue weighted by atomic mass is 16.5. The number of ether oxygens (including phenoxy) is 1. The standard InChI is InChI=1S/C26H32N2O9/c1-5-6-9-37-12-8-7-11(29)15-13(12)10(2)14-16(20(15)30)23(33)26(36)18(21(14)31)19(28(3)4)22(32)17(24(26)34)25(27)35/h7-8,10,14,18-19,21,29-31,34,36H,5-6,9H2,1-4H3,(H2,27,35)/t10-,14+,18+,19-,21-,26-/m0/s1. The number of ketones is 2. The first-order valence-corrected chi connectivity index (χ1v) is 12.1. The van der Waals surface area contributed by atoms with E-state index in [0.717, 1.165) is 12.8 Å². The quantitative estimate of drug-likeness (QED) is 0.231. The average Bonchev–Trinajstić information content (AvgIpc) is 2.82. The minimum Gasteiger partial charge on any atom is -0.508 e. The van der Waals surface area contributed by atoms with Crippen LogP contribution < -0.4 is 10.5 Å². The molecule has 1 aromatic carbocycles. The summed E-state index contributed by atoms with van der Waals surface area (Å²) in [6.07, 6.45) is -0.0374. The summed E-state index contributed by atoms with van der Waals surface area (Å²) < 4.78 is 5.90.